The Morgan fingerprint density at radius 1 is 1.32 bits per heavy atom. The minimum Gasteiger partial charge on any atom is -0.506 e. The van der Waals surface area contributed by atoms with Crippen molar-refractivity contribution >= 4 is 17.6 Å². The second kappa shape index (κ2) is 6.84. The number of aromatic hydroxyl groups is 1. The van der Waals surface area contributed by atoms with E-state index in [4.69, 9.17) is 0 Å². The third kappa shape index (κ3) is 3.33. The van der Waals surface area contributed by atoms with E-state index in [1.54, 1.807) is 11.8 Å². The molecule has 3 heterocycles. The second-order valence-electron chi connectivity index (χ2n) is 7.06. The molecule has 0 radical (unpaired) electrons. The van der Waals surface area contributed by atoms with E-state index in [9.17, 15) is 5.11 Å². The molecule has 6 heteroatoms. The fraction of sp³-hybridized carbons (Fsp3) is 0.474. The lowest BCUT2D eigenvalue weighted by Gasteiger charge is -2.30. The highest BCUT2D eigenvalue weighted by molar-refractivity contribution is 7.99. The molecule has 2 aromatic rings. The molecule has 2 aliphatic heterocycles. The first kappa shape index (κ1) is 16.7. The number of nitrogens with zero attached hydrogens (tertiary/aromatic N) is 3. The van der Waals surface area contributed by atoms with Crippen LogP contribution in [-0.4, -0.2) is 52.1 Å². The van der Waals surface area contributed by atoms with Crippen molar-refractivity contribution < 1.29 is 5.11 Å². The van der Waals surface area contributed by atoms with Gasteiger partial charge < -0.3 is 15.3 Å². The minimum absolute atomic E-state index is 0.354. The summed E-state index contributed by atoms with van der Waals surface area (Å²) in [6.45, 7) is 4.23. The number of aryl methyl sites for hydroxylation is 2. The largest absolute Gasteiger partial charge is 0.506 e. The van der Waals surface area contributed by atoms with Crippen molar-refractivity contribution in [1.29, 1.82) is 0 Å². The molecule has 2 N–H and O–H groups in total. The number of phenols is 1. The Kier molecular flexibility index (Phi) is 4.56. The number of nitrogens with one attached hydrogen (secondary N) is 1. The Bertz CT molecular complexity index is 795. The molecule has 1 atom stereocenters. The van der Waals surface area contributed by atoms with Crippen molar-refractivity contribution in [3.05, 3.63) is 29.3 Å². The standard InChI is InChI=1S/C19H24N4OS/c1-12-10-16(20-14-4-3-8-23(2)11-14)21-22-17(12)15-6-5-13-7-9-25-19(13)18(15)24/h5-6,10,14,24H,3-4,7-9,11H2,1-2H3,(H,20,21)/t14-/m1/s1. The molecule has 0 spiro atoms. The van der Waals surface area contributed by atoms with Gasteiger partial charge in [0.15, 0.2) is 0 Å². The number of aromatic nitrogens is 2. The number of rotatable bonds is 3. The van der Waals surface area contributed by atoms with E-state index in [0.29, 0.717) is 11.8 Å². The molecule has 0 saturated carbocycles. The summed E-state index contributed by atoms with van der Waals surface area (Å²) >= 11 is 1.72. The van der Waals surface area contributed by atoms with Gasteiger partial charge in [0.05, 0.1) is 10.6 Å². The van der Waals surface area contributed by atoms with Crippen LogP contribution in [0, 0.1) is 6.92 Å². The number of piperidine rings is 1. The maximum Gasteiger partial charge on any atom is 0.149 e. The van der Waals surface area contributed by atoms with Crippen LogP contribution in [0.4, 0.5) is 5.82 Å². The number of hydrogen-bond donors (Lipinski definition) is 2. The van der Waals surface area contributed by atoms with E-state index in [1.165, 1.54) is 12.0 Å². The summed E-state index contributed by atoms with van der Waals surface area (Å²) in [5.41, 5.74) is 3.80. The molecule has 0 unspecified atom stereocenters. The van der Waals surface area contributed by atoms with E-state index in [1.807, 2.05) is 19.1 Å². The second-order valence-corrected chi connectivity index (χ2v) is 8.16. The molecule has 1 aromatic heterocycles. The minimum atomic E-state index is 0.354. The third-order valence-corrected chi connectivity index (χ3v) is 6.20. The number of benzene rings is 1. The molecule has 0 bridgehead atoms. The Balaban J connectivity index is 1.58. The number of fused-ring (bicyclic) bond motifs is 1. The number of likely N-dealkylation sites (N-methyl/N-ethyl adjacent to an activating group) is 1. The molecule has 4 rings (SSSR count). The first-order chi connectivity index (χ1) is 12.1. The van der Waals surface area contributed by atoms with Gasteiger partial charge in [-0.3, -0.25) is 0 Å². The van der Waals surface area contributed by atoms with Crippen LogP contribution in [0.5, 0.6) is 5.75 Å². The summed E-state index contributed by atoms with van der Waals surface area (Å²) in [5, 5.41) is 22.9. The number of hydrogen-bond acceptors (Lipinski definition) is 6. The fourth-order valence-corrected chi connectivity index (χ4v) is 4.87. The molecular formula is C19H24N4OS. The zero-order valence-electron chi connectivity index (χ0n) is 14.7. The van der Waals surface area contributed by atoms with Gasteiger partial charge in [-0.1, -0.05) is 6.07 Å². The molecule has 0 amide bonds. The molecule has 2 aliphatic rings. The van der Waals surface area contributed by atoms with Gasteiger partial charge in [-0.25, -0.2) is 0 Å². The topological polar surface area (TPSA) is 61.3 Å². The molecule has 1 fully saturated rings. The molecule has 132 valence electrons. The van der Waals surface area contributed by atoms with Crippen LogP contribution in [0.25, 0.3) is 11.3 Å². The van der Waals surface area contributed by atoms with Crippen molar-refractivity contribution in [2.75, 3.05) is 31.2 Å². The van der Waals surface area contributed by atoms with Gasteiger partial charge in [0.1, 0.15) is 11.6 Å². The lowest BCUT2D eigenvalue weighted by atomic mass is 10.0. The number of thioether (sulfide) groups is 1. The molecule has 25 heavy (non-hydrogen) atoms. The van der Waals surface area contributed by atoms with Gasteiger partial charge in [0, 0.05) is 23.9 Å². The van der Waals surface area contributed by atoms with Crippen molar-refractivity contribution in [2.24, 2.45) is 0 Å². The zero-order chi connectivity index (χ0) is 17.4. The summed E-state index contributed by atoms with van der Waals surface area (Å²) in [6.07, 6.45) is 3.40. The van der Waals surface area contributed by atoms with Crippen LogP contribution in [0.2, 0.25) is 0 Å². The summed E-state index contributed by atoms with van der Waals surface area (Å²) in [5.74, 6) is 2.21. The summed E-state index contributed by atoms with van der Waals surface area (Å²) in [4.78, 5) is 3.35. The Hall–Kier alpha value is -1.79. The first-order valence-electron chi connectivity index (χ1n) is 8.89. The first-order valence-corrected chi connectivity index (χ1v) is 9.88. The van der Waals surface area contributed by atoms with E-state index in [-0.39, 0.29) is 0 Å². The number of phenolic OH excluding ortho intramolecular Hbond substituents is 1. The molecule has 5 nitrogen and oxygen atoms in total. The van der Waals surface area contributed by atoms with E-state index in [2.05, 4.69) is 33.5 Å². The van der Waals surface area contributed by atoms with Crippen molar-refractivity contribution in [1.82, 2.24) is 15.1 Å². The number of likely N-dealkylation sites (tertiary alicyclic amines) is 1. The van der Waals surface area contributed by atoms with Gasteiger partial charge in [-0.05, 0) is 63.0 Å². The summed E-state index contributed by atoms with van der Waals surface area (Å²) < 4.78 is 0. The maximum absolute atomic E-state index is 10.6. The Labute approximate surface area is 152 Å². The van der Waals surface area contributed by atoms with Crippen molar-refractivity contribution in [2.45, 2.75) is 37.1 Å². The lowest BCUT2D eigenvalue weighted by molar-refractivity contribution is 0.260. The van der Waals surface area contributed by atoms with Crippen LogP contribution in [0.1, 0.15) is 24.0 Å². The average Bonchev–Trinajstić information content (AvgIpc) is 3.06. The summed E-state index contributed by atoms with van der Waals surface area (Å²) in [7, 11) is 2.16. The molecule has 1 saturated heterocycles. The maximum atomic E-state index is 10.6. The average molecular weight is 356 g/mol. The van der Waals surface area contributed by atoms with Crippen LogP contribution in [-0.2, 0) is 6.42 Å². The van der Waals surface area contributed by atoms with Crippen LogP contribution >= 0.6 is 11.8 Å². The highest BCUT2D eigenvalue weighted by Crippen LogP contribution is 2.44. The highest BCUT2D eigenvalue weighted by Gasteiger charge is 2.21. The van der Waals surface area contributed by atoms with Crippen molar-refractivity contribution in [3.63, 3.8) is 0 Å². The predicted molar refractivity (Wildman–Crippen MR) is 102 cm³/mol. The van der Waals surface area contributed by atoms with E-state index >= 15 is 0 Å². The number of anilines is 1. The highest BCUT2D eigenvalue weighted by atomic mass is 32.2. The van der Waals surface area contributed by atoms with Gasteiger partial charge in [0.2, 0.25) is 0 Å². The monoisotopic (exact) mass is 356 g/mol. The quantitative estimate of drug-likeness (QED) is 0.880. The zero-order valence-corrected chi connectivity index (χ0v) is 15.6. The Morgan fingerprint density at radius 2 is 2.20 bits per heavy atom. The molecule has 1 aromatic carbocycles. The van der Waals surface area contributed by atoms with E-state index in [0.717, 1.165) is 59.2 Å². The van der Waals surface area contributed by atoms with E-state index < -0.39 is 0 Å². The van der Waals surface area contributed by atoms with Gasteiger partial charge in [-0.2, -0.15) is 0 Å². The van der Waals surface area contributed by atoms with Gasteiger partial charge >= 0.3 is 0 Å². The molecule has 0 aliphatic carbocycles. The molecular weight excluding hydrogens is 332 g/mol. The summed E-state index contributed by atoms with van der Waals surface area (Å²) in [6, 6.07) is 6.54. The van der Waals surface area contributed by atoms with Crippen LogP contribution < -0.4 is 5.32 Å². The Morgan fingerprint density at radius 3 is 3.00 bits per heavy atom. The van der Waals surface area contributed by atoms with Gasteiger partial charge in [0.25, 0.3) is 0 Å². The predicted octanol–water partition coefficient (Wildman–Crippen LogP) is 3.31. The third-order valence-electron chi connectivity index (χ3n) is 5.05. The normalized spacial score (nSPS) is 20.5. The fourth-order valence-electron chi connectivity index (χ4n) is 3.74. The van der Waals surface area contributed by atoms with Crippen LogP contribution in [0.15, 0.2) is 23.1 Å². The van der Waals surface area contributed by atoms with Crippen LogP contribution in [0.3, 0.4) is 0 Å². The SMILES string of the molecule is Cc1cc(N[C@@H]2CCCN(C)C2)nnc1-c1ccc2c(c1O)SCC2. The lowest BCUT2D eigenvalue weighted by Crippen LogP contribution is -2.39. The van der Waals surface area contributed by atoms with Gasteiger partial charge in [-0.15, -0.1) is 22.0 Å². The smallest absolute Gasteiger partial charge is 0.149 e. The van der Waals surface area contributed by atoms with Crippen molar-refractivity contribution in [3.8, 4) is 17.0 Å².